The van der Waals surface area contributed by atoms with Crippen LogP contribution in [0.5, 0.6) is 0 Å². The summed E-state index contributed by atoms with van der Waals surface area (Å²) in [6, 6.07) is 0. The Bertz CT molecular complexity index is 235. The zero-order valence-electron chi connectivity index (χ0n) is 4.49. The first-order valence-corrected chi connectivity index (χ1v) is 5.00. The molecule has 0 rings (SSSR count). The Kier molecular flexibility index (Phi) is 4.23. The van der Waals surface area contributed by atoms with E-state index in [9.17, 15) is 25.9 Å². The van der Waals surface area contributed by atoms with Gasteiger partial charge in [-0.3, -0.25) is 0 Å². The van der Waals surface area contributed by atoms with Crippen LogP contribution in [0.15, 0.2) is 0 Å². The molecule has 0 aromatic rings. The van der Waals surface area contributed by atoms with E-state index in [1.54, 1.807) is 0 Å². The van der Waals surface area contributed by atoms with Gasteiger partial charge in [0.25, 0.3) is 0 Å². The van der Waals surface area contributed by atoms with Crippen LogP contribution in [0.3, 0.4) is 0 Å². The van der Waals surface area contributed by atoms with E-state index in [0.717, 1.165) is 0 Å². The third-order valence-electron chi connectivity index (χ3n) is 0.278. The van der Waals surface area contributed by atoms with Crippen molar-refractivity contribution in [2.75, 3.05) is 0 Å². The van der Waals surface area contributed by atoms with E-state index in [-0.39, 0.29) is 0 Å². The normalized spacial score (nSPS) is 17.6. The SMILES string of the molecule is O=S([O-])OS(=O)(=O)OS(=O)[O-]. The Balaban J connectivity index is 4.25. The maximum atomic E-state index is 10.0. The van der Waals surface area contributed by atoms with Crippen LogP contribution in [0.4, 0.5) is 0 Å². The topological polar surface area (TPSA) is 133 Å². The van der Waals surface area contributed by atoms with Crippen LogP contribution in [0.25, 0.3) is 0 Å². The van der Waals surface area contributed by atoms with Crippen molar-refractivity contribution in [1.82, 2.24) is 0 Å². The van der Waals surface area contributed by atoms with Gasteiger partial charge in [0.15, 0.2) is 0 Å². The van der Waals surface area contributed by atoms with Crippen LogP contribution >= 0.6 is 0 Å². The third kappa shape index (κ3) is 6.49. The fourth-order valence-corrected chi connectivity index (χ4v) is 1.53. The molecule has 8 nitrogen and oxygen atoms in total. The van der Waals surface area contributed by atoms with Crippen molar-refractivity contribution in [3.63, 3.8) is 0 Å². The summed E-state index contributed by atoms with van der Waals surface area (Å²) >= 11 is -6.78. The molecule has 0 aliphatic rings. The van der Waals surface area contributed by atoms with Crippen molar-refractivity contribution in [1.29, 1.82) is 0 Å². The molecule has 11 heavy (non-hydrogen) atoms. The molecule has 68 valence electrons. The van der Waals surface area contributed by atoms with Crippen molar-refractivity contribution < 1.29 is 33.2 Å². The summed E-state index contributed by atoms with van der Waals surface area (Å²) in [4.78, 5) is 0. The predicted molar refractivity (Wildman–Crippen MR) is 28.9 cm³/mol. The van der Waals surface area contributed by atoms with Gasteiger partial charge in [-0.2, -0.15) is 15.7 Å². The Morgan fingerprint density at radius 3 is 1.45 bits per heavy atom. The summed E-state index contributed by atoms with van der Waals surface area (Å²) in [7, 11) is -5.01. The third-order valence-corrected chi connectivity index (χ3v) is 2.50. The Hall–Kier alpha value is 0.0900. The van der Waals surface area contributed by atoms with Crippen molar-refractivity contribution in [3.8, 4) is 0 Å². The molecule has 0 aliphatic carbocycles. The lowest BCUT2D eigenvalue weighted by Crippen LogP contribution is -2.12. The van der Waals surface area contributed by atoms with Gasteiger partial charge in [-0.25, -0.2) is 8.42 Å². The number of hydrogen-bond acceptors (Lipinski definition) is 8. The summed E-state index contributed by atoms with van der Waals surface area (Å²) in [6.07, 6.45) is 0. The molecule has 0 fully saturated rings. The van der Waals surface area contributed by atoms with E-state index in [0.29, 0.717) is 0 Å². The monoisotopic (exact) mass is 224 g/mol. The van der Waals surface area contributed by atoms with E-state index in [1.165, 1.54) is 0 Å². The highest BCUT2D eigenvalue weighted by molar-refractivity contribution is 7.97. The van der Waals surface area contributed by atoms with Gasteiger partial charge in [0.2, 0.25) is 0 Å². The molecular formula is O8S3-2. The quantitative estimate of drug-likeness (QED) is 0.493. The molecule has 0 aromatic carbocycles. The van der Waals surface area contributed by atoms with Crippen molar-refractivity contribution >= 4 is 33.1 Å². The molecule has 11 heteroatoms. The first kappa shape index (κ1) is 11.1. The Morgan fingerprint density at radius 2 is 1.27 bits per heavy atom. The van der Waals surface area contributed by atoms with E-state index < -0.39 is 33.1 Å². The van der Waals surface area contributed by atoms with Crippen LogP contribution in [-0.2, 0) is 40.4 Å². The lowest BCUT2D eigenvalue weighted by Gasteiger charge is -2.06. The smallest absolute Gasteiger partial charge is 0.424 e. The van der Waals surface area contributed by atoms with Gasteiger partial charge in [-0.1, -0.05) is 0 Å². The summed E-state index contributed by atoms with van der Waals surface area (Å²) in [5, 5.41) is 0. The van der Waals surface area contributed by atoms with E-state index in [1.807, 2.05) is 0 Å². The molecule has 0 N–H and O–H groups in total. The van der Waals surface area contributed by atoms with Crippen LogP contribution < -0.4 is 0 Å². The molecule has 0 aliphatic heterocycles. The van der Waals surface area contributed by atoms with E-state index in [2.05, 4.69) is 7.26 Å². The van der Waals surface area contributed by atoms with Crippen LogP contribution in [0, 0.1) is 0 Å². The van der Waals surface area contributed by atoms with Crippen LogP contribution in [-0.4, -0.2) is 25.9 Å². The highest BCUT2D eigenvalue weighted by Crippen LogP contribution is 1.98. The summed E-state index contributed by atoms with van der Waals surface area (Å²) in [5.41, 5.74) is 0. The fourth-order valence-electron chi connectivity index (χ4n) is 0.147. The van der Waals surface area contributed by atoms with E-state index in [4.69, 9.17) is 0 Å². The lowest BCUT2D eigenvalue weighted by atomic mass is 15.7. The van der Waals surface area contributed by atoms with Crippen LogP contribution in [0.1, 0.15) is 0 Å². The minimum absolute atomic E-state index is 3.02. The maximum absolute atomic E-state index is 10.0. The summed E-state index contributed by atoms with van der Waals surface area (Å²) < 4.78 is 64.1. The average molecular weight is 224 g/mol. The predicted octanol–water partition coefficient (Wildman–Crippen LogP) is -2.15. The highest BCUT2D eigenvalue weighted by atomic mass is 32.3. The molecule has 0 saturated heterocycles. The van der Waals surface area contributed by atoms with Crippen LogP contribution in [0.2, 0.25) is 0 Å². The van der Waals surface area contributed by atoms with Gasteiger partial charge in [0.05, 0.1) is 0 Å². The largest absolute Gasteiger partial charge is 0.749 e. The first-order chi connectivity index (χ1) is 4.83. The standard InChI is InChI=1S/H2O8S3/c1-9(2)7-11(5,6)8-10(3)4/h(H,1,2)(H,3,4)/p-2. The lowest BCUT2D eigenvalue weighted by molar-refractivity contribution is 0.364. The second-order valence-electron chi connectivity index (χ2n) is 0.953. The van der Waals surface area contributed by atoms with Crippen molar-refractivity contribution in [3.05, 3.63) is 0 Å². The Morgan fingerprint density at radius 1 is 1.00 bits per heavy atom. The Labute approximate surface area is 66.8 Å². The molecule has 2 atom stereocenters. The van der Waals surface area contributed by atoms with Crippen molar-refractivity contribution in [2.24, 2.45) is 0 Å². The minimum Gasteiger partial charge on any atom is -0.749 e. The number of rotatable bonds is 4. The molecule has 0 saturated carbocycles. The van der Waals surface area contributed by atoms with E-state index >= 15 is 0 Å². The fraction of sp³-hybridized carbons (Fsp3) is 0. The average Bonchev–Trinajstić information content (AvgIpc) is 1.53. The van der Waals surface area contributed by atoms with Gasteiger partial charge >= 0.3 is 10.4 Å². The number of hydrogen-bond donors (Lipinski definition) is 0. The van der Waals surface area contributed by atoms with Gasteiger partial charge in [0, 0.05) is 0 Å². The molecule has 0 heterocycles. The van der Waals surface area contributed by atoms with Gasteiger partial charge < -0.3 is 9.11 Å². The molecular weight excluding hydrogens is 224 g/mol. The van der Waals surface area contributed by atoms with Crippen molar-refractivity contribution in [2.45, 2.75) is 0 Å². The van der Waals surface area contributed by atoms with Gasteiger partial charge in [-0.15, -0.1) is 0 Å². The zero-order valence-corrected chi connectivity index (χ0v) is 6.94. The molecule has 0 aromatic heterocycles. The molecule has 0 radical (unpaired) electrons. The first-order valence-electron chi connectivity index (χ1n) is 1.67. The molecule has 2 unspecified atom stereocenters. The van der Waals surface area contributed by atoms with Gasteiger partial charge in [-0.05, 0) is 0 Å². The maximum Gasteiger partial charge on any atom is 0.424 e. The molecule has 0 bridgehead atoms. The summed E-state index contributed by atoms with van der Waals surface area (Å²) in [6.45, 7) is 0. The second-order valence-corrected chi connectivity index (χ2v) is 3.67. The second kappa shape index (κ2) is 4.20. The zero-order chi connectivity index (χ0) is 9.07. The molecule has 0 spiro atoms. The minimum atomic E-state index is -5.01. The highest BCUT2D eigenvalue weighted by Gasteiger charge is 2.12. The molecule has 0 amide bonds. The summed E-state index contributed by atoms with van der Waals surface area (Å²) in [5.74, 6) is 0. The van der Waals surface area contributed by atoms with Gasteiger partial charge in [0.1, 0.15) is 22.7 Å².